The molecule has 1 aromatic rings. The van der Waals surface area contributed by atoms with Gasteiger partial charge in [-0.15, -0.1) is 0 Å². The summed E-state index contributed by atoms with van der Waals surface area (Å²) in [4.78, 5) is 37.4. The second-order valence-electron chi connectivity index (χ2n) is 6.84. The van der Waals surface area contributed by atoms with Crippen molar-refractivity contribution in [3.8, 4) is 0 Å². The number of aliphatic carboxylic acids is 1. The fourth-order valence-corrected chi connectivity index (χ4v) is 4.09. The van der Waals surface area contributed by atoms with Crippen molar-refractivity contribution in [3.05, 3.63) is 29.8 Å². The number of carboxylic acid groups (broad SMARTS) is 1. The number of nitrogens with one attached hydrogen (secondary N) is 1. The predicted molar refractivity (Wildman–Crippen MR) is 88.4 cm³/mol. The summed E-state index contributed by atoms with van der Waals surface area (Å²) in [5.41, 5.74) is 0.622. The Morgan fingerprint density at radius 2 is 2.08 bits per heavy atom. The summed E-state index contributed by atoms with van der Waals surface area (Å²) in [5, 5.41) is 12.4. The topological polar surface area (TPSA) is 86.7 Å². The number of amides is 2. The molecule has 24 heavy (non-hydrogen) atoms. The number of benzene rings is 1. The van der Waals surface area contributed by atoms with Gasteiger partial charge < -0.3 is 15.3 Å². The van der Waals surface area contributed by atoms with Gasteiger partial charge in [0.15, 0.2) is 0 Å². The van der Waals surface area contributed by atoms with Gasteiger partial charge in [0.25, 0.3) is 0 Å². The Hall–Kier alpha value is -2.37. The number of nitrogens with zero attached hydrogens (tertiary/aromatic N) is 1. The maximum absolute atomic E-state index is 12.7. The number of carbonyl (C=O) groups excluding carboxylic acids is 2. The van der Waals surface area contributed by atoms with Crippen LogP contribution in [0.2, 0.25) is 0 Å². The van der Waals surface area contributed by atoms with Crippen molar-refractivity contribution in [3.63, 3.8) is 0 Å². The van der Waals surface area contributed by atoms with Crippen LogP contribution in [0.25, 0.3) is 0 Å². The van der Waals surface area contributed by atoms with Crippen LogP contribution in [0.3, 0.4) is 0 Å². The third-order valence-corrected chi connectivity index (χ3v) is 5.32. The molecule has 2 fully saturated rings. The number of carbonyl (C=O) groups is 3. The van der Waals surface area contributed by atoms with E-state index >= 15 is 0 Å². The summed E-state index contributed by atoms with van der Waals surface area (Å²) >= 11 is 0. The van der Waals surface area contributed by atoms with Gasteiger partial charge in [-0.2, -0.15) is 0 Å². The molecule has 0 unspecified atom stereocenters. The Balaban J connectivity index is 1.73. The highest BCUT2D eigenvalue weighted by molar-refractivity contribution is 5.91. The number of anilines is 1. The molecule has 2 amide bonds. The Morgan fingerprint density at radius 1 is 1.33 bits per heavy atom. The van der Waals surface area contributed by atoms with Crippen LogP contribution in [0.4, 0.5) is 5.69 Å². The van der Waals surface area contributed by atoms with Crippen molar-refractivity contribution in [2.45, 2.75) is 32.6 Å². The zero-order chi connectivity index (χ0) is 17.3. The average molecular weight is 330 g/mol. The van der Waals surface area contributed by atoms with Crippen molar-refractivity contribution < 1.29 is 19.5 Å². The van der Waals surface area contributed by atoms with E-state index in [0.717, 1.165) is 18.4 Å². The molecule has 2 N–H and O–H groups in total. The highest BCUT2D eigenvalue weighted by Gasteiger charge is 2.55. The van der Waals surface area contributed by atoms with Crippen LogP contribution in [-0.2, 0) is 20.8 Å². The molecule has 2 aliphatic rings. The number of para-hydroxylation sites is 1. The highest BCUT2D eigenvalue weighted by Crippen LogP contribution is 2.49. The lowest BCUT2D eigenvalue weighted by atomic mass is 9.81. The van der Waals surface area contributed by atoms with Crippen molar-refractivity contribution in [1.29, 1.82) is 0 Å². The first-order chi connectivity index (χ1) is 11.4. The summed E-state index contributed by atoms with van der Waals surface area (Å²) in [5.74, 6) is -0.984. The number of hydrogen-bond acceptors (Lipinski definition) is 3. The minimum atomic E-state index is -0.779. The van der Waals surface area contributed by atoms with E-state index in [-0.39, 0.29) is 24.2 Å². The maximum Gasteiger partial charge on any atom is 0.311 e. The maximum atomic E-state index is 12.7. The van der Waals surface area contributed by atoms with Crippen LogP contribution in [0.5, 0.6) is 0 Å². The molecule has 6 heteroatoms. The lowest BCUT2D eigenvalue weighted by Gasteiger charge is -2.23. The molecule has 0 spiro atoms. The molecular weight excluding hydrogens is 308 g/mol. The summed E-state index contributed by atoms with van der Waals surface area (Å²) in [6, 6.07) is 7.21. The van der Waals surface area contributed by atoms with E-state index in [0.29, 0.717) is 25.2 Å². The van der Waals surface area contributed by atoms with Gasteiger partial charge in [-0.3, -0.25) is 14.4 Å². The van der Waals surface area contributed by atoms with Crippen LogP contribution in [-0.4, -0.2) is 40.9 Å². The molecule has 128 valence electrons. The molecule has 1 aliphatic carbocycles. The molecule has 1 aliphatic heterocycles. The SMILES string of the molecule is CC(=O)Nc1ccccc1CC(=O)N1C[C@@H]2CCC[C@@]2(C(=O)O)C1. The molecule has 0 aromatic heterocycles. The van der Waals surface area contributed by atoms with Gasteiger partial charge in [-0.25, -0.2) is 0 Å². The summed E-state index contributed by atoms with van der Waals surface area (Å²) in [6.07, 6.45) is 2.61. The molecular formula is C18H22N2O4. The van der Waals surface area contributed by atoms with Crippen LogP contribution in [0.1, 0.15) is 31.7 Å². The van der Waals surface area contributed by atoms with Crippen LogP contribution in [0.15, 0.2) is 24.3 Å². The van der Waals surface area contributed by atoms with Crippen molar-refractivity contribution in [1.82, 2.24) is 4.90 Å². The van der Waals surface area contributed by atoms with E-state index < -0.39 is 11.4 Å². The van der Waals surface area contributed by atoms with Crippen LogP contribution < -0.4 is 5.32 Å². The van der Waals surface area contributed by atoms with Gasteiger partial charge in [0.05, 0.1) is 11.8 Å². The number of fused-ring (bicyclic) bond motifs is 1. The fraction of sp³-hybridized carbons (Fsp3) is 0.500. The van der Waals surface area contributed by atoms with E-state index in [1.54, 1.807) is 17.0 Å². The Bertz CT molecular complexity index is 687. The first kappa shape index (κ1) is 16.5. The van der Waals surface area contributed by atoms with Crippen molar-refractivity contribution >= 4 is 23.5 Å². The molecule has 6 nitrogen and oxygen atoms in total. The lowest BCUT2D eigenvalue weighted by Crippen LogP contribution is -2.37. The third-order valence-electron chi connectivity index (χ3n) is 5.32. The number of likely N-dealkylation sites (tertiary alicyclic amines) is 1. The Kier molecular flexibility index (Phi) is 4.30. The molecule has 1 saturated carbocycles. The van der Waals surface area contributed by atoms with Gasteiger partial charge in [0.1, 0.15) is 0 Å². The van der Waals surface area contributed by atoms with Gasteiger partial charge >= 0.3 is 5.97 Å². The molecule has 0 radical (unpaired) electrons. The van der Waals surface area contributed by atoms with Crippen LogP contribution in [0, 0.1) is 11.3 Å². The minimum absolute atomic E-state index is 0.0598. The quantitative estimate of drug-likeness (QED) is 0.883. The molecule has 2 atom stereocenters. The standard InChI is InChI=1S/C18H22N2O4/c1-12(21)19-15-7-3-2-5-13(15)9-16(22)20-10-14-6-4-8-18(14,11-20)17(23)24/h2-3,5,7,14H,4,6,8-11H2,1H3,(H,19,21)(H,23,24)/t14-,18+/m0/s1. The van der Waals surface area contributed by atoms with Crippen molar-refractivity contribution in [2.24, 2.45) is 11.3 Å². The van der Waals surface area contributed by atoms with Gasteiger partial charge in [-0.05, 0) is 30.4 Å². The molecule has 1 saturated heterocycles. The average Bonchev–Trinajstić information content (AvgIpc) is 3.06. The van der Waals surface area contributed by atoms with E-state index in [2.05, 4.69) is 5.32 Å². The number of rotatable bonds is 4. The zero-order valence-corrected chi connectivity index (χ0v) is 13.7. The van der Waals surface area contributed by atoms with E-state index in [4.69, 9.17) is 0 Å². The normalized spacial score (nSPS) is 25.4. The molecule has 1 aromatic carbocycles. The fourth-order valence-electron chi connectivity index (χ4n) is 4.09. The van der Waals surface area contributed by atoms with Gasteiger partial charge in [-0.1, -0.05) is 24.6 Å². The van der Waals surface area contributed by atoms with E-state index in [1.807, 2.05) is 12.1 Å². The lowest BCUT2D eigenvalue weighted by molar-refractivity contribution is -0.149. The van der Waals surface area contributed by atoms with E-state index in [9.17, 15) is 19.5 Å². The summed E-state index contributed by atoms with van der Waals surface area (Å²) < 4.78 is 0. The second kappa shape index (κ2) is 6.26. The largest absolute Gasteiger partial charge is 0.481 e. The number of hydrogen-bond donors (Lipinski definition) is 2. The smallest absolute Gasteiger partial charge is 0.311 e. The predicted octanol–water partition coefficient (Wildman–Crippen LogP) is 1.90. The molecule has 0 bridgehead atoms. The molecule has 3 rings (SSSR count). The zero-order valence-electron chi connectivity index (χ0n) is 13.7. The van der Waals surface area contributed by atoms with Crippen LogP contribution >= 0.6 is 0 Å². The Morgan fingerprint density at radius 3 is 2.75 bits per heavy atom. The Labute approximate surface area is 140 Å². The minimum Gasteiger partial charge on any atom is -0.481 e. The first-order valence-electron chi connectivity index (χ1n) is 8.29. The monoisotopic (exact) mass is 330 g/mol. The highest BCUT2D eigenvalue weighted by atomic mass is 16.4. The second-order valence-corrected chi connectivity index (χ2v) is 6.84. The first-order valence-corrected chi connectivity index (χ1v) is 8.29. The van der Waals surface area contributed by atoms with Crippen molar-refractivity contribution in [2.75, 3.05) is 18.4 Å². The number of carboxylic acids is 1. The van der Waals surface area contributed by atoms with E-state index in [1.165, 1.54) is 6.92 Å². The van der Waals surface area contributed by atoms with Gasteiger partial charge in [0, 0.05) is 25.7 Å². The summed E-state index contributed by atoms with van der Waals surface area (Å²) in [6.45, 7) is 2.25. The third kappa shape index (κ3) is 2.88. The van der Waals surface area contributed by atoms with Gasteiger partial charge in [0.2, 0.25) is 11.8 Å². The summed E-state index contributed by atoms with van der Waals surface area (Å²) in [7, 11) is 0. The molecule has 1 heterocycles.